The summed E-state index contributed by atoms with van der Waals surface area (Å²) in [6.07, 6.45) is -0.581. The summed E-state index contributed by atoms with van der Waals surface area (Å²) in [7, 11) is 1.26. The maximum Gasteiger partial charge on any atom is 0.411 e. The van der Waals surface area contributed by atoms with E-state index < -0.39 is 17.2 Å². The topological polar surface area (TPSA) is 75.6 Å². The third-order valence-electron chi connectivity index (χ3n) is 1.49. The fourth-order valence-electron chi connectivity index (χ4n) is 0.824. The number of benzene rings is 1. The lowest BCUT2D eigenvalue weighted by atomic mass is 10.3. The Bertz CT molecular complexity index is 349. The lowest BCUT2D eigenvalue weighted by Crippen LogP contribution is -2.10. The van der Waals surface area contributed by atoms with Crippen LogP contribution in [0.3, 0.4) is 0 Å². The Morgan fingerprint density at radius 3 is 2.43 bits per heavy atom. The Labute approximate surface area is 83.4 Å². The second-order valence-corrected chi connectivity index (χ2v) is 3.36. The van der Waals surface area contributed by atoms with Gasteiger partial charge in [0.1, 0.15) is 0 Å². The number of hydrogen-bond acceptors (Lipinski definition) is 3. The molecule has 1 unspecified atom stereocenters. The van der Waals surface area contributed by atoms with E-state index in [-0.39, 0.29) is 4.90 Å². The molecule has 0 fully saturated rings. The average molecular weight is 215 g/mol. The highest BCUT2D eigenvalue weighted by atomic mass is 32.2. The zero-order valence-electron chi connectivity index (χ0n) is 7.39. The van der Waals surface area contributed by atoms with Gasteiger partial charge in [-0.2, -0.15) is 0 Å². The Morgan fingerprint density at radius 2 is 2.00 bits per heavy atom. The molecule has 0 aromatic heterocycles. The van der Waals surface area contributed by atoms with Crippen molar-refractivity contribution in [2.45, 2.75) is 4.90 Å². The Balaban J connectivity index is 2.73. The molecule has 0 saturated heterocycles. The predicted molar refractivity (Wildman–Crippen MR) is 51.5 cm³/mol. The van der Waals surface area contributed by atoms with Gasteiger partial charge in [-0.3, -0.25) is 5.32 Å². The van der Waals surface area contributed by atoms with Gasteiger partial charge in [-0.25, -0.2) is 9.00 Å². The zero-order chi connectivity index (χ0) is 10.6. The Kier molecular flexibility index (Phi) is 3.61. The van der Waals surface area contributed by atoms with Crippen LogP contribution in [0.5, 0.6) is 0 Å². The molecule has 0 aliphatic rings. The fraction of sp³-hybridized carbons (Fsp3) is 0.125. The number of carbonyl (C=O) groups is 1. The lowest BCUT2D eigenvalue weighted by Gasteiger charge is -2.03. The molecule has 1 rings (SSSR count). The molecule has 1 aromatic carbocycles. The van der Waals surface area contributed by atoms with Gasteiger partial charge < -0.3 is 9.29 Å². The van der Waals surface area contributed by atoms with E-state index in [0.717, 1.165) is 0 Å². The monoisotopic (exact) mass is 215 g/mol. The third-order valence-corrected chi connectivity index (χ3v) is 2.16. The fourth-order valence-corrected chi connectivity index (χ4v) is 1.19. The second kappa shape index (κ2) is 4.73. The van der Waals surface area contributed by atoms with Crippen LogP contribution < -0.4 is 5.32 Å². The standard InChI is InChI=1S/C8H9NO4S/c1-13-8(10)9-6-2-4-7(5-3-6)14(11)12/h2-5H,1H3,(H,9,10)(H,11,12). The zero-order valence-corrected chi connectivity index (χ0v) is 8.21. The number of methoxy groups -OCH3 is 1. The summed E-state index contributed by atoms with van der Waals surface area (Å²) < 4.78 is 23.7. The van der Waals surface area contributed by atoms with Crippen molar-refractivity contribution in [3.8, 4) is 0 Å². The Hall–Kier alpha value is -1.40. The minimum absolute atomic E-state index is 0.278. The van der Waals surface area contributed by atoms with Gasteiger partial charge >= 0.3 is 6.09 Å². The number of anilines is 1. The normalized spacial score (nSPS) is 11.9. The van der Waals surface area contributed by atoms with E-state index >= 15 is 0 Å². The van der Waals surface area contributed by atoms with Crippen molar-refractivity contribution in [3.63, 3.8) is 0 Å². The van der Waals surface area contributed by atoms with E-state index in [9.17, 15) is 9.00 Å². The van der Waals surface area contributed by atoms with Crippen LogP contribution in [-0.2, 0) is 15.8 Å². The first-order valence-corrected chi connectivity index (χ1v) is 4.80. The molecule has 1 atom stereocenters. The maximum atomic E-state index is 10.8. The molecule has 5 nitrogen and oxygen atoms in total. The molecule has 0 spiro atoms. The van der Waals surface area contributed by atoms with Crippen LogP contribution in [0.1, 0.15) is 0 Å². The summed E-state index contributed by atoms with van der Waals surface area (Å²) >= 11 is -2.00. The molecular formula is C8H9NO4S. The van der Waals surface area contributed by atoms with Crippen LogP contribution in [0.4, 0.5) is 10.5 Å². The van der Waals surface area contributed by atoms with Gasteiger partial charge in [-0.1, -0.05) is 0 Å². The van der Waals surface area contributed by atoms with Crippen LogP contribution in [0, 0.1) is 0 Å². The predicted octanol–water partition coefficient (Wildman–Crippen LogP) is 1.45. The molecule has 6 heteroatoms. The van der Waals surface area contributed by atoms with Gasteiger partial charge in [0, 0.05) is 5.69 Å². The number of rotatable bonds is 2. The van der Waals surface area contributed by atoms with E-state index in [0.29, 0.717) is 5.69 Å². The number of hydrogen-bond donors (Lipinski definition) is 2. The van der Waals surface area contributed by atoms with Crippen LogP contribution in [0.2, 0.25) is 0 Å². The molecular weight excluding hydrogens is 206 g/mol. The SMILES string of the molecule is COC(=O)Nc1ccc(S(=O)O)cc1. The summed E-state index contributed by atoms with van der Waals surface area (Å²) in [5.74, 6) is 0. The van der Waals surface area contributed by atoms with Gasteiger partial charge in [0.15, 0.2) is 11.1 Å². The summed E-state index contributed by atoms with van der Waals surface area (Å²) in [5.41, 5.74) is 0.506. The summed E-state index contributed by atoms with van der Waals surface area (Å²) in [4.78, 5) is 11.0. The largest absolute Gasteiger partial charge is 0.453 e. The van der Waals surface area contributed by atoms with Crippen LogP contribution in [0.25, 0.3) is 0 Å². The number of carbonyl (C=O) groups excluding carboxylic acids is 1. The minimum atomic E-state index is -2.00. The quantitative estimate of drug-likeness (QED) is 0.732. The van der Waals surface area contributed by atoms with E-state index in [4.69, 9.17) is 4.55 Å². The molecule has 0 aliphatic heterocycles. The first-order chi connectivity index (χ1) is 6.63. The van der Waals surface area contributed by atoms with Crippen LogP contribution in [-0.4, -0.2) is 22.0 Å². The second-order valence-electron chi connectivity index (χ2n) is 2.39. The highest BCUT2D eigenvalue weighted by molar-refractivity contribution is 7.79. The molecule has 2 N–H and O–H groups in total. The minimum Gasteiger partial charge on any atom is -0.453 e. The third kappa shape index (κ3) is 2.82. The molecule has 0 radical (unpaired) electrons. The summed E-state index contributed by atoms with van der Waals surface area (Å²) in [6.45, 7) is 0. The molecule has 0 aliphatic carbocycles. The summed E-state index contributed by atoms with van der Waals surface area (Å²) in [5, 5.41) is 2.42. The van der Waals surface area contributed by atoms with Crippen LogP contribution in [0.15, 0.2) is 29.2 Å². The molecule has 0 heterocycles. The molecule has 14 heavy (non-hydrogen) atoms. The number of amides is 1. The van der Waals surface area contributed by atoms with Gasteiger partial charge in [0.25, 0.3) is 0 Å². The van der Waals surface area contributed by atoms with Crippen LogP contribution >= 0.6 is 0 Å². The van der Waals surface area contributed by atoms with Gasteiger partial charge in [0.2, 0.25) is 0 Å². The van der Waals surface area contributed by atoms with Crippen molar-refractivity contribution < 1.29 is 18.3 Å². The molecule has 0 bridgehead atoms. The van der Waals surface area contributed by atoms with E-state index in [1.165, 1.54) is 31.4 Å². The molecule has 1 aromatic rings. The highest BCUT2D eigenvalue weighted by Crippen LogP contribution is 2.11. The van der Waals surface area contributed by atoms with Crippen molar-refractivity contribution in [1.82, 2.24) is 0 Å². The van der Waals surface area contributed by atoms with Crippen molar-refractivity contribution in [2.75, 3.05) is 12.4 Å². The van der Waals surface area contributed by atoms with Gasteiger partial charge in [-0.15, -0.1) is 0 Å². The number of ether oxygens (including phenoxy) is 1. The van der Waals surface area contributed by atoms with E-state index in [2.05, 4.69) is 10.1 Å². The lowest BCUT2D eigenvalue weighted by molar-refractivity contribution is 0.187. The summed E-state index contributed by atoms with van der Waals surface area (Å²) in [6, 6.07) is 5.92. The van der Waals surface area contributed by atoms with Gasteiger partial charge in [-0.05, 0) is 24.3 Å². The van der Waals surface area contributed by atoms with E-state index in [1.54, 1.807) is 0 Å². The maximum absolute atomic E-state index is 10.8. The van der Waals surface area contributed by atoms with Gasteiger partial charge in [0.05, 0.1) is 12.0 Å². The smallest absolute Gasteiger partial charge is 0.411 e. The Morgan fingerprint density at radius 1 is 1.43 bits per heavy atom. The van der Waals surface area contributed by atoms with Crippen molar-refractivity contribution >= 4 is 22.9 Å². The highest BCUT2D eigenvalue weighted by Gasteiger charge is 2.02. The molecule has 76 valence electrons. The first-order valence-electron chi connectivity index (χ1n) is 3.69. The molecule has 1 amide bonds. The number of nitrogens with one attached hydrogen (secondary N) is 1. The van der Waals surface area contributed by atoms with Crippen molar-refractivity contribution in [3.05, 3.63) is 24.3 Å². The van der Waals surface area contributed by atoms with Crippen molar-refractivity contribution in [1.29, 1.82) is 0 Å². The molecule has 0 saturated carbocycles. The first kappa shape index (κ1) is 10.7. The van der Waals surface area contributed by atoms with Crippen molar-refractivity contribution in [2.24, 2.45) is 0 Å². The van der Waals surface area contributed by atoms with E-state index in [1.807, 2.05) is 0 Å². The average Bonchev–Trinajstić information content (AvgIpc) is 2.18.